The summed E-state index contributed by atoms with van der Waals surface area (Å²) in [5, 5.41) is 19.0. The Labute approximate surface area is 218 Å². The van der Waals surface area contributed by atoms with Crippen molar-refractivity contribution in [3.8, 4) is 22.9 Å². The summed E-state index contributed by atoms with van der Waals surface area (Å²) in [4.78, 5) is 6.60. The lowest BCUT2D eigenvalue weighted by atomic mass is 10.0. The monoisotopic (exact) mass is 520 g/mol. The summed E-state index contributed by atoms with van der Waals surface area (Å²) < 4.78 is 35.3. The highest BCUT2D eigenvalue weighted by Crippen LogP contribution is 2.36. The first kappa shape index (κ1) is 26.8. The number of pyridine rings is 1. The van der Waals surface area contributed by atoms with E-state index in [0.29, 0.717) is 18.7 Å². The fourth-order valence-electron chi connectivity index (χ4n) is 4.50. The number of sulfonamides is 1. The highest BCUT2D eigenvalue weighted by molar-refractivity contribution is 7.89. The lowest BCUT2D eigenvalue weighted by Crippen LogP contribution is -2.49. The van der Waals surface area contributed by atoms with E-state index in [9.17, 15) is 13.5 Å². The number of nitrogens with zero attached hydrogens (tertiary/aromatic N) is 4. The Kier molecular flexibility index (Phi) is 8.25. The van der Waals surface area contributed by atoms with Gasteiger partial charge < -0.3 is 9.84 Å². The smallest absolute Gasteiger partial charge is 0.247 e. The van der Waals surface area contributed by atoms with Crippen molar-refractivity contribution in [3.05, 3.63) is 78.1 Å². The predicted octanol–water partition coefficient (Wildman–Crippen LogP) is 3.52. The van der Waals surface area contributed by atoms with Crippen LogP contribution >= 0.6 is 0 Å². The van der Waals surface area contributed by atoms with E-state index in [1.807, 2.05) is 44.3 Å². The van der Waals surface area contributed by atoms with Crippen LogP contribution in [0.25, 0.3) is 11.1 Å². The molecule has 3 aromatic rings. The number of aromatic nitrogens is 1. The van der Waals surface area contributed by atoms with E-state index in [1.54, 1.807) is 43.5 Å². The summed E-state index contributed by atoms with van der Waals surface area (Å²) in [5.41, 5.74) is 3.12. The van der Waals surface area contributed by atoms with Crippen molar-refractivity contribution in [3.63, 3.8) is 0 Å². The number of benzene rings is 2. The lowest BCUT2D eigenvalue weighted by Gasteiger charge is -2.37. The molecular weight excluding hydrogens is 488 g/mol. The number of hydrogen-bond donors (Lipinski definition) is 1. The number of likely N-dealkylation sites (N-methyl/N-ethyl adjacent to an activating group) is 1. The normalized spacial score (nSPS) is 20.2. The van der Waals surface area contributed by atoms with Crippen LogP contribution in [0.3, 0.4) is 0 Å². The zero-order valence-electron chi connectivity index (χ0n) is 21.3. The van der Waals surface area contributed by atoms with Crippen LogP contribution in [0.1, 0.15) is 25.1 Å². The molecule has 1 N–H and O–H groups in total. The fourth-order valence-corrected chi connectivity index (χ4v) is 6.33. The van der Waals surface area contributed by atoms with Crippen molar-refractivity contribution in [2.75, 3.05) is 26.7 Å². The predicted molar refractivity (Wildman–Crippen MR) is 141 cm³/mol. The highest BCUT2D eigenvalue weighted by atomic mass is 32.2. The summed E-state index contributed by atoms with van der Waals surface area (Å²) in [6, 6.07) is 19.5. The van der Waals surface area contributed by atoms with Gasteiger partial charge in [-0.3, -0.25) is 9.88 Å². The van der Waals surface area contributed by atoms with Gasteiger partial charge in [0.1, 0.15) is 16.7 Å². The maximum Gasteiger partial charge on any atom is 0.247 e. The Hall–Kier alpha value is -3.29. The molecule has 0 spiro atoms. The van der Waals surface area contributed by atoms with Crippen LogP contribution < -0.4 is 4.74 Å². The number of aliphatic hydroxyl groups is 1. The van der Waals surface area contributed by atoms with E-state index >= 15 is 0 Å². The Morgan fingerprint density at radius 2 is 1.92 bits per heavy atom. The van der Waals surface area contributed by atoms with Gasteiger partial charge in [0.25, 0.3) is 0 Å². The molecule has 194 valence electrons. The summed E-state index contributed by atoms with van der Waals surface area (Å²) >= 11 is 0. The second-order valence-corrected chi connectivity index (χ2v) is 11.5. The molecule has 1 aliphatic rings. The van der Waals surface area contributed by atoms with Crippen LogP contribution in [0.5, 0.6) is 5.75 Å². The molecule has 0 aliphatic carbocycles. The van der Waals surface area contributed by atoms with Crippen molar-refractivity contribution in [1.82, 2.24) is 14.2 Å². The van der Waals surface area contributed by atoms with Crippen LogP contribution in [0.15, 0.2) is 71.8 Å². The zero-order valence-corrected chi connectivity index (χ0v) is 22.1. The molecule has 0 radical (unpaired) electrons. The molecule has 0 amide bonds. The van der Waals surface area contributed by atoms with E-state index in [-0.39, 0.29) is 35.8 Å². The van der Waals surface area contributed by atoms with Gasteiger partial charge in [-0.1, -0.05) is 31.2 Å². The first-order valence-corrected chi connectivity index (χ1v) is 13.7. The van der Waals surface area contributed by atoms with Gasteiger partial charge in [0, 0.05) is 37.8 Å². The van der Waals surface area contributed by atoms with Gasteiger partial charge in [0.15, 0.2) is 0 Å². The Morgan fingerprint density at radius 1 is 1.19 bits per heavy atom. The van der Waals surface area contributed by atoms with Crippen molar-refractivity contribution in [2.24, 2.45) is 5.92 Å². The Balaban J connectivity index is 1.72. The second-order valence-electron chi connectivity index (χ2n) is 9.61. The lowest BCUT2D eigenvalue weighted by molar-refractivity contribution is 0.0731. The Bertz CT molecular complexity index is 1360. The highest BCUT2D eigenvalue weighted by Gasteiger charge is 2.38. The zero-order chi connectivity index (χ0) is 26.6. The minimum atomic E-state index is -3.92. The largest absolute Gasteiger partial charge is 0.487 e. The minimum absolute atomic E-state index is 0.0782. The second kappa shape index (κ2) is 11.4. The first-order valence-electron chi connectivity index (χ1n) is 12.3. The Morgan fingerprint density at radius 3 is 2.57 bits per heavy atom. The van der Waals surface area contributed by atoms with Gasteiger partial charge >= 0.3 is 0 Å². The van der Waals surface area contributed by atoms with E-state index in [0.717, 1.165) is 16.8 Å². The molecule has 4 rings (SSSR count). The molecule has 9 heteroatoms. The maximum atomic E-state index is 13.7. The maximum absolute atomic E-state index is 13.7. The average Bonchev–Trinajstić information content (AvgIpc) is 2.90. The van der Waals surface area contributed by atoms with E-state index in [1.165, 1.54) is 4.31 Å². The topological polar surface area (TPSA) is 107 Å². The third-order valence-electron chi connectivity index (χ3n) is 6.66. The van der Waals surface area contributed by atoms with Gasteiger partial charge in [0.2, 0.25) is 10.0 Å². The summed E-state index contributed by atoms with van der Waals surface area (Å²) in [7, 11) is -1.93. The summed E-state index contributed by atoms with van der Waals surface area (Å²) in [6.07, 6.45) is 1.45. The molecule has 0 saturated heterocycles. The van der Waals surface area contributed by atoms with Gasteiger partial charge in [-0.2, -0.15) is 9.57 Å². The minimum Gasteiger partial charge on any atom is -0.487 e. The molecular formula is C28H32N4O4S. The molecule has 0 fully saturated rings. The van der Waals surface area contributed by atoms with Gasteiger partial charge in [-0.15, -0.1) is 0 Å². The molecule has 2 heterocycles. The number of ether oxygens (including phenoxy) is 1. The quantitative estimate of drug-likeness (QED) is 0.508. The number of fused-ring (bicyclic) bond motifs is 1. The molecule has 0 unspecified atom stereocenters. The first-order chi connectivity index (χ1) is 17.7. The third kappa shape index (κ3) is 6.00. The molecule has 1 aromatic heterocycles. The van der Waals surface area contributed by atoms with Crippen LogP contribution in [0.4, 0.5) is 0 Å². The van der Waals surface area contributed by atoms with Gasteiger partial charge in [0.05, 0.1) is 23.9 Å². The van der Waals surface area contributed by atoms with Gasteiger partial charge in [-0.25, -0.2) is 8.42 Å². The molecule has 3 atom stereocenters. The number of aliphatic hydroxyl groups excluding tert-OH is 1. The molecule has 0 bridgehead atoms. The molecule has 37 heavy (non-hydrogen) atoms. The van der Waals surface area contributed by atoms with E-state index < -0.39 is 16.1 Å². The number of rotatable bonds is 7. The SMILES string of the molecule is C[C@H]1CN([C@@H](C)CO)S(=O)(=O)c2ccc(-c3ccc(C#N)cc3)cc2O[C@H]1CN(C)Cc1ccccn1. The van der Waals surface area contributed by atoms with Crippen LogP contribution in [-0.2, 0) is 16.6 Å². The number of hydrogen-bond acceptors (Lipinski definition) is 7. The van der Waals surface area contributed by atoms with Gasteiger partial charge in [-0.05, 0) is 61.5 Å². The van der Waals surface area contributed by atoms with Crippen LogP contribution in [0.2, 0.25) is 0 Å². The van der Waals surface area contributed by atoms with Crippen molar-refractivity contribution in [1.29, 1.82) is 5.26 Å². The average molecular weight is 521 g/mol. The standard InChI is InChI=1S/C28H32N4O4S/c1-20-16-32(21(2)19-33)37(34,35)28-12-11-24(23-9-7-22(15-29)8-10-23)14-26(28)36-27(20)18-31(3)17-25-6-4-5-13-30-25/h4-14,20-21,27,33H,16-19H2,1-3H3/t20-,21-,27-/m0/s1. The van der Waals surface area contributed by atoms with Crippen molar-refractivity contribution in [2.45, 2.75) is 37.4 Å². The third-order valence-corrected chi connectivity index (χ3v) is 8.68. The van der Waals surface area contributed by atoms with Crippen molar-refractivity contribution < 1.29 is 18.3 Å². The van der Waals surface area contributed by atoms with E-state index in [4.69, 9.17) is 10.00 Å². The van der Waals surface area contributed by atoms with Crippen LogP contribution in [0, 0.1) is 17.2 Å². The van der Waals surface area contributed by atoms with Crippen LogP contribution in [-0.4, -0.2) is 66.6 Å². The summed E-state index contributed by atoms with van der Waals surface area (Å²) in [5.74, 6) is 0.126. The fraction of sp³-hybridized carbons (Fsp3) is 0.357. The number of nitriles is 1. The summed E-state index contributed by atoms with van der Waals surface area (Å²) in [6.45, 7) is 4.81. The molecule has 8 nitrogen and oxygen atoms in total. The van der Waals surface area contributed by atoms with Crippen molar-refractivity contribution >= 4 is 10.0 Å². The van der Waals surface area contributed by atoms with E-state index in [2.05, 4.69) is 16.0 Å². The molecule has 1 aliphatic heterocycles. The molecule has 0 saturated carbocycles. The molecule has 2 aromatic carbocycles.